The van der Waals surface area contributed by atoms with Gasteiger partial charge in [-0.15, -0.1) is 0 Å². The van der Waals surface area contributed by atoms with Crippen molar-refractivity contribution < 1.29 is 14.3 Å². The molecule has 0 fully saturated rings. The maximum absolute atomic E-state index is 12.0. The second-order valence-corrected chi connectivity index (χ2v) is 6.04. The summed E-state index contributed by atoms with van der Waals surface area (Å²) in [4.78, 5) is 23.6. The van der Waals surface area contributed by atoms with Crippen LogP contribution in [-0.2, 0) is 16.0 Å². The lowest BCUT2D eigenvalue weighted by Gasteiger charge is -2.25. The molecule has 5 heteroatoms. The largest absolute Gasteiger partial charge is 0.444 e. The predicted molar refractivity (Wildman–Crippen MR) is 77.1 cm³/mol. The Morgan fingerprint density at radius 2 is 1.70 bits per heavy atom. The van der Waals surface area contributed by atoms with Crippen molar-refractivity contribution in [1.29, 1.82) is 0 Å². The van der Waals surface area contributed by atoms with E-state index in [9.17, 15) is 9.59 Å². The van der Waals surface area contributed by atoms with Crippen LogP contribution in [0, 0.1) is 0 Å². The molecule has 0 aliphatic heterocycles. The average molecular weight is 278 g/mol. The first-order valence-electron chi connectivity index (χ1n) is 6.47. The molecule has 20 heavy (non-hydrogen) atoms. The van der Waals surface area contributed by atoms with E-state index < -0.39 is 23.1 Å². The topological polar surface area (TPSA) is 81.4 Å². The van der Waals surface area contributed by atoms with Gasteiger partial charge in [-0.2, -0.15) is 0 Å². The number of carbonyl (C=O) groups is 2. The minimum atomic E-state index is -1.18. The zero-order valence-corrected chi connectivity index (χ0v) is 12.4. The van der Waals surface area contributed by atoms with Gasteiger partial charge in [0.1, 0.15) is 5.60 Å². The van der Waals surface area contributed by atoms with Crippen molar-refractivity contribution in [3.8, 4) is 0 Å². The standard InChI is InChI=1S/C15H22N2O3/c1-14(2,3)20-13(19)17-12(18)15(4,16)10-11-8-6-5-7-9-11/h5-9H,10,16H2,1-4H3,(H,17,18,19)/t15-/m1/s1. The second-order valence-electron chi connectivity index (χ2n) is 6.04. The first-order chi connectivity index (χ1) is 9.10. The summed E-state index contributed by atoms with van der Waals surface area (Å²) in [5.74, 6) is -0.560. The molecule has 0 aromatic heterocycles. The molecule has 1 rings (SSSR count). The van der Waals surface area contributed by atoms with Gasteiger partial charge in [-0.25, -0.2) is 4.79 Å². The van der Waals surface area contributed by atoms with Crippen molar-refractivity contribution >= 4 is 12.0 Å². The first-order valence-corrected chi connectivity index (χ1v) is 6.47. The lowest BCUT2D eigenvalue weighted by atomic mass is 9.93. The van der Waals surface area contributed by atoms with Gasteiger partial charge in [0.15, 0.2) is 0 Å². The first kappa shape index (κ1) is 16.2. The summed E-state index contributed by atoms with van der Waals surface area (Å²) < 4.78 is 5.03. The molecule has 0 aliphatic carbocycles. The third kappa shape index (κ3) is 5.40. The van der Waals surface area contributed by atoms with Crippen LogP contribution in [0.4, 0.5) is 4.79 Å². The van der Waals surface area contributed by atoms with Gasteiger partial charge in [0.2, 0.25) is 5.91 Å². The number of amides is 2. The molecule has 0 heterocycles. The highest BCUT2D eigenvalue weighted by Gasteiger charge is 2.31. The number of nitrogens with one attached hydrogen (secondary N) is 1. The molecule has 110 valence electrons. The van der Waals surface area contributed by atoms with Crippen LogP contribution in [-0.4, -0.2) is 23.1 Å². The van der Waals surface area contributed by atoms with Crippen LogP contribution in [0.15, 0.2) is 30.3 Å². The van der Waals surface area contributed by atoms with Crippen LogP contribution in [0.2, 0.25) is 0 Å². The van der Waals surface area contributed by atoms with Gasteiger partial charge in [0.05, 0.1) is 5.54 Å². The van der Waals surface area contributed by atoms with Gasteiger partial charge in [-0.3, -0.25) is 10.1 Å². The monoisotopic (exact) mass is 278 g/mol. The Morgan fingerprint density at radius 3 is 2.20 bits per heavy atom. The van der Waals surface area contributed by atoms with Crippen LogP contribution >= 0.6 is 0 Å². The minimum Gasteiger partial charge on any atom is -0.444 e. The summed E-state index contributed by atoms with van der Waals surface area (Å²) >= 11 is 0. The van der Waals surface area contributed by atoms with Crippen molar-refractivity contribution in [2.24, 2.45) is 5.73 Å². The van der Waals surface area contributed by atoms with Gasteiger partial charge in [0, 0.05) is 0 Å². The summed E-state index contributed by atoms with van der Waals surface area (Å²) in [6.45, 7) is 6.76. The highest BCUT2D eigenvalue weighted by Crippen LogP contribution is 2.12. The predicted octanol–water partition coefficient (Wildman–Crippen LogP) is 2.00. The Labute approximate surface area is 119 Å². The number of nitrogens with two attached hydrogens (primary N) is 1. The number of benzene rings is 1. The third-order valence-corrected chi connectivity index (χ3v) is 2.55. The number of imide groups is 1. The van der Waals surface area contributed by atoms with Crippen molar-refractivity contribution in [2.45, 2.75) is 45.3 Å². The van der Waals surface area contributed by atoms with E-state index in [-0.39, 0.29) is 0 Å². The Kier molecular flexibility index (Phi) is 4.89. The van der Waals surface area contributed by atoms with E-state index in [1.807, 2.05) is 30.3 Å². The molecule has 1 atom stereocenters. The van der Waals surface area contributed by atoms with E-state index in [1.54, 1.807) is 27.7 Å². The molecule has 0 bridgehead atoms. The molecule has 0 aliphatic rings. The molecule has 0 spiro atoms. The van der Waals surface area contributed by atoms with Crippen LogP contribution in [0.1, 0.15) is 33.3 Å². The molecule has 1 aromatic rings. The zero-order chi connectivity index (χ0) is 15.4. The lowest BCUT2D eigenvalue weighted by molar-refractivity contribution is -0.125. The lowest BCUT2D eigenvalue weighted by Crippen LogP contribution is -2.55. The Balaban J connectivity index is 2.63. The Bertz CT molecular complexity index is 476. The van der Waals surface area contributed by atoms with Crippen LogP contribution < -0.4 is 11.1 Å². The smallest absolute Gasteiger partial charge is 0.414 e. The highest BCUT2D eigenvalue weighted by molar-refractivity contribution is 5.97. The summed E-state index contributed by atoms with van der Waals surface area (Å²) in [5, 5.41) is 2.17. The Hall–Kier alpha value is -1.88. The summed E-state index contributed by atoms with van der Waals surface area (Å²) in [6, 6.07) is 9.39. The summed E-state index contributed by atoms with van der Waals surface area (Å²) in [6.07, 6.45) is -0.449. The molecule has 0 saturated carbocycles. The van der Waals surface area contributed by atoms with E-state index >= 15 is 0 Å². The molecule has 0 unspecified atom stereocenters. The number of ether oxygens (including phenoxy) is 1. The van der Waals surface area contributed by atoms with E-state index in [0.29, 0.717) is 6.42 Å². The number of alkyl carbamates (subject to hydrolysis) is 1. The maximum atomic E-state index is 12.0. The van der Waals surface area contributed by atoms with E-state index in [4.69, 9.17) is 10.5 Å². The molecule has 5 nitrogen and oxygen atoms in total. The van der Waals surface area contributed by atoms with Crippen LogP contribution in [0.3, 0.4) is 0 Å². The quantitative estimate of drug-likeness (QED) is 0.886. The normalized spacial score (nSPS) is 14.2. The van der Waals surface area contributed by atoms with E-state index in [1.165, 1.54) is 0 Å². The van der Waals surface area contributed by atoms with Crippen molar-refractivity contribution in [3.05, 3.63) is 35.9 Å². The SMILES string of the molecule is CC(C)(C)OC(=O)NC(=O)[C@](C)(N)Cc1ccccc1. The molecule has 2 amide bonds. The van der Waals surface area contributed by atoms with Gasteiger partial charge in [-0.05, 0) is 39.7 Å². The fourth-order valence-corrected chi connectivity index (χ4v) is 1.64. The fourth-order valence-electron chi connectivity index (χ4n) is 1.64. The van der Waals surface area contributed by atoms with Crippen molar-refractivity contribution in [3.63, 3.8) is 0 Å². The van der Waals surface area contributed by atoms with E-state index in [0.717, 1.165) is 5.56 Å². The third-order valence-electron chi connectivity index (χ3n) is 2.55. The van der Waals surface area contributed by atoms with Crippen LogP contribution in [0.5, 0.6) is 0 Å². The highest BCUT2D eigenvalue weighted by atomic mass is 16.6. The fraction of sp³-hybridized carbons (Fsp3) is 0.467. The zero-order valence-electron chi connectivity index (χ0n) is 12.4. The summed E-state index contributed by atoms with van der Waals surface area (Å²) in [5.41, 5.74) is 5.07. The molecule has 0 saturated heterocycles. The van der Waals surface area contributed by atoms with Crippen molar-refractivity contribution in [1.82, 2.24) is 5.32 Å². The molecular weight excluding hydrogens is 256 g/mol. The van der Waals surface area contributed by atoms with Gasteiger partial charge in [-0.1, -0.05) is 30.3 Å². The molecule has 3 N–H and O–H groups in total. The number of hydrogen-bond acceptors (Lipinski definition) is 4. The Morgan fingerprint density at radius 1 is 1.15 bits per heavy atom. The number of rotatable bonds is 3. The van der Waals surface area contributed by atoms with E-state index in [2.05, 4.69) is 5.32 Å². The second kappa shape index (κ2) is 6.05. The molecule has 0 radical (unpaired) electrons. The average Bonchev–Trinajstić information content (AvgIpc) is 2.26. The summed E-state index contributed by atoms with van der Waals surface area (Å²) in [7, 11) is 0. The minimum absolute atomic E-state index is 0.336. The van der Waals surface area contributed by atoms with Crippen LogP contribution in [0.25, 0.3) is 0 Å². The maximum Gasteiger partial charge on any atom is 0.414 e. The number of hydrogen-bond donors (Lipinski definition) is 2. The molecular formula is C15H22N2O3. The number of carbonyl (C=O) groups excluding carboxylic acids is 2. The van der Waals surface area contributed by atoms with Gasteiger partial charge < -0.3 is 10.5 Å². The van der Waals surface area contributed by atoms with Gasteiger partial charge in [0.25, 0.3) is 0 Å². The van der Waals surface area contributed by atoms with Crippen molar-refractivity contribution in [2.75, 3.05) is 0 Å². The molecule has 1 aromatic carbocycles. The van der Waals surface area contributed by atoms with Gasteiger partial charge >= 0.3 is 6.09 Å².